The van der Waals surface area contributed by atoms with Crippen LogP contribution in [0, 0.1) is 5.41 Å². The van der Waals surface area contributed by atoms with Crippen LogP contribution in [-0.4, -0.2) is 34.6 Å². The van der Waals surface area contributed by atoms with Crippen molar-refractivity contribution in [2.45, 2.75) is 6.92 Å². The molecule has 3 rings (SSSR count). The zero-order chi connectivity index (χ0) is 24.8. The van der Waals surface area contributed by atoms with Gasteiger partial charge in [0.05, 0.1) is 0 Å². The molecule has 174 valence electrons. The minimum atomic E-state index is -0.242. The molecule has 3 aromatic rings. The van der Waals surface area contributed by atoms with Gasteiger partial charge in [0.1, 0.15) is 5.84 Å². The number of anilines is 1. The summed E-state index contributed by atoms with van der Waals surface area (Å²) in [6, 6.07) is 11.0. The van der Waals surface area contributed by atoms with Gasteiger partial charge in [0, 0.05) is 34.8 Å². The number of amidine groups is 1. The van der Waals surface area contributed by atoms with Crippen LogP contribution in [0.1, 0.15) is 12.5 Å². The standard InChI is InChI=1S/C25H28N8O.K/c1-15(2)25(34)32-18-9-6-16(7-10-18)22-20(21(23(27)28)24(29-3)33(22)4)17-8-11-19(31-14-17)30-13-5-12-26;/h5-14H,1H2,2-4H3,(H7,26,27,28,29,30,31,32,34);/q;+1/p-1. The number of nitrogens with two attached hydrogens (primary N) is 2. The van der Waals surface area contributed by atoms with E-state index in [0.29, 0.717) is 28.5 Å². The summed E-state index contributed by atoms with van der Waals surface area (Å²) >= 11 is 0. The monoisotopic (exact) mass is 494 g/mol. The Morgan fingerprint density at radius 3 is 2.40 bits per heavy atom. The summed E-state index contributed by atoms with van der Waals surface area (Å²) in [5.74, 6) is 0.751. The van der Waals surface area contributed by atoms with Gasteiger partial charge < -0.3 is 26.7 Å². The molecule has 0 spiro atoms. The van der Waals surface area contributed by atoms with E-state index in [2.05, 4.69) is 27.2 Å². The van der Waals surface area contributed by atoms with Crippen molar-refractivity contribution in [1.29, 1.82) is 5.41 Å². The Bertz CT molecular complexity index is 1290. The van der Waals surface area contributed by atoms with Crippen LogP contribution in [0.2, 0.25) is 0 Å². The van der Waals surface area contributed by atoms with Gasteiger partial charge in [0.15, 0.2) is 5.82 Å². The van der Waals surface area contributed by atoms with E-state index < -0.39 is 0 Å². The fourth-order valence-corrected chi connectivity index (χ4v) is 3.54. The van der Waals surface area contributed by atoms with Crippen molar-refractivity contribution in [2.24, 2.45) is 23.5 Å². The second kappa shape index (κ2) is 12.6. The molecule has 0 aliphatic heterocycles. The molecule has 0 unspecified atom stereocenters. The summed E-state index contributed by atoms with van der Waals surface area (Å²) < 4.78 is 1.89. The fraction of sp³-hybridized carbons (Fsp3) is 0.120. The summed E-state index contributed by atoms with van der Waals surface area (Å²) in [5.41, 5.74) is 16.1. The van der Waals surface area contributed by atoms with E-state index in [4.69, 9.17) is 16.9 Å². The molecule has 0 fully saturated rings. The number of rotatable bonds is 8. The van der Waals surface area contributed by atoms with Gasteiger partial charge in [0.2, 0.25) is 0 Å². The summed E-state index contributed by atoms with van der Waals surface area (Å²) in [5, 5.41) is 15.4. The van der Waals surface area contributed by atoms with Crippen LogP contribution in [0.3, 0.4) is 0 Å². The first-order valence-electron chi connectivity index (χ1n) is 10.4. The quantitative estimate of drug-likeness (QED) is 0.162. The Morgan fingerprint density at radius 2 is 1.89 bits per heavy atom. The first-order chi connectivity index (χ1) is 16.3. The van der Waals surface area contributed by atoms with Gasteiger partial charge >= 0.3 is 51.4 Å². The normalized spacial score (nSPS) is 10.8. The molecule has 0 aliphatic carbocycles. The van der Waals surface area contributed by atoms with Crippen molar-refractivity contribution in [3.63, 3.8) is 0 Å². The van der Waals surface area contributed by atoms with Gasteiger partial charge in [-0.25, -0.2) is 9.98 Å². The average molecular weight is 495 g/mol. The molecule has 0 saturated carbocycles. The SMILES string of the molecule is C=C(C)C(=O)Nc1ccc(-c2c(-c3ccc(N=C/C=C\N)nc3)c(C(=N)N)c([N-]C)n2C)cc1.[K+]. The predicted molar refractivity (Wildman–Crippen MR) is 139 cm³/mol. The Balaban J connectivity index is 0.00000432. The average Bonchev–Trinajstić information content (AvgIpc) is 3.12. The maximum Gasteiger partial charge on any atom is 1.00 e. The van der Waals surface area contributed by atoms with E-state index >= 15 is 0 Å². The van der Waals surface area contributed by atoms with Gasteiger partial charge in [-0.1, -0.05) is 38.6 Å². The number of nitrogens with one attached hydrogen (secondary N) is 2. The molecule has 1 amide bonds. The van der Waals surface area contributed by atoms with Crippen LogP contribution in [0.25, 0.3) is 27.7 Å². The number of pyridine rings is 1. The van der Waals surface area contributed by atoms with Crippen LogP contribution in [0.4, 0.5) is 17.3 Å². The van der Waals surface area contributed by atoms with Crippen molar-refractivity contribution >= 4 is 35.3 Å². The van der Waals surface area contributed by atoms with Crippen LogP contribution < -0.4 is 68.2 Å². The third-order valence-corrected chi connectivity index (χ3v) is 5.09. The topological polar surface area (TPSA) is 149 Å². The maximum absolute atomic E-state index is 11.9. The van der Waals surface area contributed by atoms with E-state index in [-0.39, 0.29) is 63.1 Å². The molecular formula is C25H27KN8O. The Hall–Kier alpha value is -3.02. The number of nitrogens with zero attached hydrogens (tertiary/aromatic N) is 4. The zero-order valence-corrected chi connectivity index (χ0v) is 23.5. The number of nitrogen functional groups attached to an aromatic ring is 1. The molecule has 2 heterocycles. The molecule has 10 heteroatoms. The number of aromatic nitrogens is 2. The molecule has 35 heavy (non-hydrogen) atoms. The minimum Gasteiger partial charge on any atom is -0.468 e. The number of carbonyl (C=O) groups excluding carboxylic acids is 1. The number of hydrogen-bond donors (Lipinski definition) is 4. The number of allylic oxidation sites excluding steroid dienone is 1. The van der Waals surface area contributed by atoms with Crippen LogP contribution in [0.5, 0.6) is 0 Å². The van der Waals surface area contributed by atoms with Crippen molar-refractivity contribution in [1.82, 2.24) is 9.55 Å². The number of hydrogen-bond acceptors (Lipinski definition) is 5. The number of benzene rings is 1. The second-order valence-corrected chi connectivity index (χ2v) is 7.50. The van der Waals surface area contributed by atoms with Crippen LogP contribution >= 0.6 is 0 Å². The molecule has 0 aliphatic rings. The third kappa shape index (κ3) is 6.35. The van der Waals surface area contributed by atoms with E-state index in [1.165, 1.54) is 6.20 Å². The van der Waals surface area contributed by atoms with Gasteiger partial charge in [0.25, 0.3) is 5.91 Å². The summed E-state index contributed by atoms with van der Waals surface area (Å²) in [7, 11) is 3.53. The van der Waals surface area contributed by atoms with E-state index in [1.807, 2.05) is 41.9 Å². The maximum atomic E-state index is 11.9. The zero-order valence-electron chi connectivity index (χ0n) is 20.3. The Labute approximate surface area is 247 Å². The van der Waals surface area contributed by atoms with Gasteiger partial charge in [-0.3, -0.25) is 10.2 Å². The smallest absolute Gasteiger partial charge is 0.468 e. The van der Waals surface area contributed by atoms with Crippen molar-refractivity contribution in [3.05, 3.63) is 77.9 Å². The molecule has 0 atom stereocenters. The Kier molecular flexibility index (Phi) is 10.2. The molecular weight excluding hydrogens is 467 g/mol. The van der Waals surface area contributed by atoms with Gasteiger partial charge in [-0.2, -0.15) is 0 Å². The largest absolute Gasteiger partial charge is 1.00 e. The van der Waals surface area contributed by atoms with E-state index in [0.717, 1.165) is 22.4 Å². The molecule has 6 N–H and O–H groups in total. The van der Waals surface area contributed by atoms with Crippen LogP contribution in [0.15, 0.2) is 72.0 Å². The molecule has 0 saturated heterocycles. The summed E-state index contributed by atoms with van der Waals surface area (Å²) in [6.07, 6.45) is 6.23. The first-order valence-corrected chi connectivity index (χ1v) is 10.4. The fourth-order valence-electron chi connectivity index (χ4n) is 3.54. The predicted octanol–water partition coefficient (Wildman–Crippen LogP) is 1.37. The van der Waals surface area contributed by atoms with Crippen molar-refractivity contribution in [2.75, 3.05) is 12.4 Å². The second-order valence-electron chi connectivity index (χ2n) is 7.50. The first kappa shape index (κ1) is 28.2. The molecule has 9 nitrogen and oxygen atoms in total. The number of aliphatic imine (C=N–C) groups is 1. The van der Waals surface area contributed by atoms with Crippen molar-refractivity contribution in [3.8, 4) is 22.4 Å². The minimum absolute atomic E-state index is 0. The van der Waals surface area contributed by atoms with E-state index in [1.54, 1.807) is 38.5 Å². The summed E-state index contributed by atoms with van der Waals surface area (Å²) in [6.45, 7) is 5.31. The molecule has 0 bridgehead atoms. The number of amides is 1. The van der Waals surface area contributed by atoms with Crippen LogP contribution in [-0.2, 0) is 11.8 Å². The summed E-state index contributed by atoms with van der Waals surface area (Å²) in [4.78, 5) is 20.6. The van der Waals surface area contributed by atoms with Gasteiger partial charge in [-0.05, 0) is 60.3 Å². The van der Waals surface area contributed by atoms with E-state index in [9.17, 15) is 4.79 Å². The van der Waals surface area contributed by atoms with Crippen molar-refractivity contribution < 1.29 is 56.2 Å². The van der Waals surface area contributed by atoms with Gasteiger partial charge in [-0.15, -0.1) is 0 Å². The Morgan fingerprint density at radius 1 is 1.23 bits per heavy atom. The molecule has 1 aromatic carbocycles. The third-order valence-electron chi connectivity index (χ3n) is 5.09. The molecule has 0 radical (unpaired) electrons. The number of carbonyl (C=O) groups is 1. The molecule has 2 aromatic heterocycles.